The highest BCUT2D eigenvalue weighted by molar-refractivity contribution is 6.32. The fourth-order valence-electron chi connectivity index (χ4n) is 2.08. The molecule has 0 saturated heterocycles. The molecule has 1 N–H and O–H groups in total. The standard InChI is InChI=1S/C18H19ClN2O2/c1-12-6-4-5-7-15(12)10-20-21-17(22)11-23-16-8-13(2)18(19)14(3)9-16/h4-10H,11H2,1-3H3,(H,21,22)/b20-10+. The first-order valence-electron chi connectivity index (χ1n) is 7.24. The van der Waals surface area contributed by atoms with Gasteiger partial charge in [0.15, 0.2) is 6.61 Å². The molecule has 5 heteroatoms. The van der Waals surface area contributed by atoms with Crippen LogP contribution in [0.3, 0.4) is 0 Å². The topological polar surface area (TPSA) is 50.7 Å². The maximum atomic E-state index is 11.8. The molecule has 2 aromatic carbocycles. The summed E-state index contributed by atoms with van der Waals surface area (Å²) in [6.45, 7) is 5.67. The van der Waals surface area contributed by atoms with Crippen LogP contribution in [0.5, 0.6) is 5.75 Å². The summed E-state index contributed by atoms with van der Waals surface area (Å²) in [6.07, 6.45) is 1.61. The maximum absolute atomic E-state index is 11.8. The van der Waals surface area contributed by atoms with Crippen molar-refractivity contribution in [1.82, 2.24) is 5.43 Å². The Kier molecular flexibility index (Phi) is 5.77. The van der Waals surface area contributed by atoms with E-state index in [1.807, 2.05) is 45.0 Å². The summed E-state index contributed by atoms with van der Waals surface area (Å²) in [6, 6.07) is 11.4. The number of rotatable bonds is 5. The Morgan fingerprint density at radius 3 is 2.48 bits per heavy atom. The monoisotopic (exact) mass is 330 g/mol. The van der Waals surface area contributed by atoms with Gasteiger partial charge in [-0.05, 0) is 55.2 Å². The molecular formula is C18H19ClN2O2. The molecule has 2 rings (SSSR count). The predicted molar refractivity (Wildman–Crippen MR) is 93.3 cm³/mol. The summed E-state index contributed by atoms with van der Waals surface area (Å²) >= 11 is 6.10. The molecule has 0 radical (unpaired) electrons. The van der Waals surface area contributed by atoms with E-state index in [9.17, 15) is 4.79 Å². The number of nitrogens with one attached hydrogen (secondary N) is 1. The number of carbonyl (C=O) groups excluding carboxylic acids is 1. The van der Waals surface area contributed by atoms with Gasteiger partial charge in [0.05, 0.1) is 6.21 Å². The zero-order valence-corrected chi connectivity index (χ0v) is 14.1. The van der Waals surface area contributed by atoms with Crippen LogP contribution in [0.25, 0.3) is 0 Å². The first-order valence-corrected chi connectivity index (χ1v) is 7.62. The van der Waals surface area contributed by atoms with E-state index in [1.54, 1.807) is 18.3 Å². The number of ether oxygens (including phenoxy) is 1. The summed E-state index contributed by atoms with van der Waals surface area (Å²) in [5, 5.41) is 4.65. The Morgan fingerprint density at radius 2 is 1.83 bits per heavy atom. The SMILES string of the molecule is Cc1ccccc1/C=N/NC(=O)COc1cc(C)c(Cl)c(C)c1. The third kappa shape index (κ3) is 4.83. The number of benzene rings is 2. The van der Waals surface area contributed by atoms with E-state index in [2.05, 4.69) is 10.5 Å². The van der Waals surface area contributed by atoms with Gasteiger partial charge in [-0.1, -0.05) is 35.9 Å². The van der Waals surface area contributed by atoms with Gasteiger partial charge in [-0.3, -0.25) is 4.79 Å². The Hall–Kier alpha value is -2.33. The molecule has 1 amide bonds. The Morgan fingerprint density at radius 1 is 1.17 bits per heavy atom. The van der Waals surface area contributed by atoms with Crippen LogP contribution in [0.4, 0.5) is 0 Å². The molecule has 120 valence electrons. The fourth-order valence-corrected chi connectivity index (χ4v) is 2.19. The maximum Gasteiger partial charge on any atom is 0.277 e. The van der Waals surface area contributed by atoms with Crippen molar-refractivity contribution in [3.63, 3.8) is 0 Å². The number of nitrogens with zero attached hydrogens (tertiary/aromatic N) is 1. The number of hydrogen-bond donors (Lipinski definition) is 1. The van der Waals surface area contributed by atoms with Gasteiger partial charge in [0.25, 0.3) is 5.91 Å². The average molecular weight is 331 g/mol. The minimum absolute atomic E-state index is 0.106. The fraction of sp³-hybridized carbons (Fsp3) is 0.222. The molecule has 0 bridgehead atoms. The summed E-state index contributed by atoms with van der Waals surface area (Å²) in [7, 11) is 0. The lowest BCUT2D eigenvalue weighted by atomic mass is 10.1. The molecule has 0 heterocycles. The van der Waals surface area contributed by atoms with Crippen LogP contribution in [0.2, 0.25) is 5.02 Å². The number of hydrazone groups is 1. The Balaban J connectivity index is 1.87. The molecule has 23 heavy (non-hydrogen) atoms. The summed E-state index contributed by atoms with van der Waals surface area (Å²) < 4.78 is 5.47. The molecule has 0 spiro atoms. The molecule has 0 aliphatic rings. The second-order valence-corrected chi connectivity index (χ2v) is 5.69. The van der Waals surface area contributed by atoms with Crippen LogP contribution in [0.1, 0.15) is 22.3 Å². The van der Waals surface area contributed by atoms with Crippen molar-refractivity contribution in [2.24, 2.45) is 5.10 Å². The third-order valence-electron chi connectivity index (χ3n) is 3.36. The minimum Gasteiger partial charge on any atom is -0.484 e. The lowest BCUT2D eigenvalue weighted by molar-refractivity contribution is -0.123. The Bertz CT molecular complexity index is 719. The van der Waals surface area contributed by atoms with Gasteiger partial charge in [-0.2, -0.15) is 5.10 Å². The van der Waals surface area contributed by atoms with Crippen LogP contribution in [-0.2, 0) is 4.79 Å². The van der Waals surface area contributed by atoms with E-state index in [0.717, 1.165) is 22.3 Å². The second-order valence-electron chi connectivity index (χ2n) is 5.31. The third-order valence-corrected chi connectivity index (χ3v) is 3.96. The predicted octanol–water partition coefficient (Wildman–Crippen LogP) is 3.79. The first kappa shape index (κ1) is 17.0. The van der Waals surface area contributed by atoms with Crippen LogP contribution in [-0.4, -0.2) is 18.7 Å². The normalized spacial score (nSPS) is 10.8. The second kappa shape index (κ2) is 7.79. The van der Waals surface area contributed by atoms with Gasteiger partial charge in [-0.25, -0.2) is 5.43 Å². The van der Waals surface area contributed by atoms with Crippen LogP contribution >= 0.6 is 11.6 Å². The zero-order chi connectivity index (χ0) is 16.8. The van der Waals surface area contributed by atoms with Gasteiger partial charge in [-0.15, -0.1) is 0 Å². The molecular weight excluding hydrogens is 312 g/mol. The summed E-state index contributed by atoms with van der Waals surface area (Å²) in [5.74, 6) is 0.294. The number of halogens is 1. The quantitative estimate of drug-likeness (QED) is 0.669. The number of carbonyl (C=O) groups is 1. The van der Waals surface area contributed by atoms with E-state index >= 15 is 0 Å². The summed E-state index contributed by atoms with van der Waals surface area (Å²) in [5.41, 5.74) is 6.33. The highest BCUT2D eigenvalue weighted by Crippen LogP contribution is 2.25. The molecule has 2 aromatic rings. The highest BCUT2D eigenvalue weighted by Gasteiger charge is 2.06. The van der Waals surface area contributed by atoms with E-state index < -0.39 is 0 Å². The first-order chi connectivity index (χ1) is 11.0. The Labute approximate surface area is 141 Å². The molecule has 0 fully saturated rings. The van der Waals surface area contributed by atoms with Crippen molar-refractivity contribution in [3.8, 4) is 5.75 Å². The molecule has 0 unspecified atom stereocenters. The number of aryl methyl sites for hydroxylation is 3. The lowest BCUT2D eigenvalue weighted by Gasteiger charge is -2.09. The molecule has 0 aliphatic heterocycles. The van der Waals surface area contributed by atoms with Gasteiger partial charge in [0.2, 0.25) is 0 Å². The average Bonchev–Trinajstić information content (AvgIpc) is 2.52. The van der Waals surface area contributed by atoms with Gasteiger partial charge in [0.1, 0.15) is 5.75 Å². The van der Waals surface area contributed by atoms with Crippen LogP contribution in [0.15, 0.2) is 41.5 Å². The molecule has 0 aromatic heterocycles. The van der Waals surface area contributed by atoms with Crippen LogP contribution < -0.4 is 10.2 Å². The van der Waals surface area contributed by atoms with Gasteiger partial charge < -0.3 is 4.74 Å². The van der Waals surface area contributed by atoms with Crippen molar-refractivity contribution in [2.45, 2.75) is 20.8 Å². The lowest BCUT2D eigenvalue weighted by Crippen LogP contribution is -2.24. The van der Waals surface area contributed by atoms with Crippen LogP contribution in [0, 0.1) is 20.8 Å². The summed E-state index contributed by atoms with van der Waals surface area (Å²) in [4.78, 5) is 11.8. The van der Waals surface area contributed by atoms with E-state index in [-0.39, 0.29) is 12.5 Å². The van der Waals surface area contributed by atoms with Crippen molar-refractivity contribution in [1.29, 1.82) is 0 Å². The molecule has 4 nitrogen and oxygen atoms in total. The minimum atomic E-state index is -0.319. The van der Waals surface area contributed by atoms with E-state index in [4.69, 9.17) is 16.3 Å². The van der Waals surface area contributed by atoms with Crippen molar-refractivity contribution in [3.05, 3.63) is 63.7 Å². The smallest absolute Gasteiger partial charge is 0.277 e. The molecule has 0 aliphatic carbocycles. The van der Waals surface area contributed by atoms with Crippen molar-refractivity contribution >= 4 is 23.7 Å². The highest BCUT2D eigenvalue weighted by atomic mass is 35.5. The van der Waals surface area contributed by atoms with Crippen molar-refractivity contribution < 1.29 is 9.53 Å². The van der Waals surface area contributed by atoms with Gasteiger partial charge >= 0.3 is 0 Å². The van der Waals surface area contributed by atoms with Gasteiger partial charge in [0, 0.05) is 5.02 Å². The van der Waals surface area contributed by atoms with Crippen molar-refractivity contribution in [2.75, 3.05) is 6.61 Å². The van der Waals surface area contributed by atoms with E-state index in [1.165, 1.54) is 0 Å². The largest absolute Gasteiger partial charge is 0.484 e. The zero-order valence-electron chi connectivity index (χ0n) is 13.4. The molecule has 0 atom stereocenters. The number of hydrogen-bond acceptors (Lipinski definition) is 3. The number of amides is 1. The molecule has 0 saturated carbocycles. The van der Waals surface area contributed by atoms with E-state index in [0.29, 0.717) is 10.8 Å².